The van der Waals surface area contributed by atoms with Gasteiger partial charge in [-0.3, -0.25) is 13.8 Å². The van der Waals surface area contributed by atoms with Crippen molar-refractivity contribution in [2.45, 2.75) is 154 Å². The van der Waals surface area contributed by atoms with Crippen molar-refractivity contribution in [1.29, 1.82) is 0 Å². The first-order valence-corrected chi connectivity index (χ1v) is 21.8. The van der Waals surface area contributed by atoms with Gasteiger partial charge in [0.1, 0.15) is 13.2 Å². The topological polar surface area (TPSA) is 105 Å². The number of unbranched alkanes of at least 4 members (excludes halogenated alkanes) is 12. The first-order chi connectivity index (χ1) is 25.0. The van der Waals surface area contributed by atoms with Gasteiger partial charge in [-0.25, -0.2) is 4.57 Å². The third kappa shape index (κ3) is 36.3. The predicted molar refractivity (Wildman–Crippen MR) is 221 cm³/mol. The van der Waals surface area contributed by atoms with E-state index in [1.165, 1.54) is 57.8 Å². The second-order valence-corrected chi connectivity index (χ2v) is 16.1. The number of aliphatic hydroxyl groups excluding tert-OH is 1. The van der Waals surface area contributed by atoms with Gasteiger partial charge in [-0.1, -0.05) is 151 Å². The van der Waals surface area contributed by atoms with E-state index in [9.17, 15) is 19.4 Å². The van der Waals surface area contributed by atoms with Crippen molar-refractivity contribution in [2.24, 2.45) is 0 Å². The van der Waals surface area contributed by atoms with Gasteiger partial charge in [0.05, 0.1) is 39.9 Å². The molecular formula is C43H78N2O6P+. The van der Waals surface area contributed by atoms with Crippen molar-refractivity contribution in [2.75, 3.05) is 40.9 Å². The number of rotatable bonds is 35. The smallest absolute Gasteiger partial charge is 0.387 e. The molecule has 0 bridgehead atoms. The molecule has 1 unspecified atom stereocenters. The van der Waals surface area contributed by atoms with Crippen LogP contribution in [-0.4, -0.2) is 73.4 Å². The molecule has 0 spiro atoms. The van der Waals surface area contributed by atoms with Crippen LogP contribution in [0.15, 0.2) is 72.9 Å². The number of nitrogens with one attached hydrogen (secondary N) is 1. The van der Waals surface area contributed by atoms with Crippen molar-refractivity contribution >= 4 is 13.7 Å². The summed E-state index contributed by atoms with van der Waals surface area (Å²) < 4.78 is 23.4. The highest BCUT2D eigenvalue weighted by Crippen LogP contribution is 2.43. The summed E-state index contributed by atoms with van der Waals surface area (Å²) in [7, 11) is 1.52. The first-order valence-electron chi connectivity index (χ1n) is 20.3. The molecule has 300 valence electrons. The minimum absolute atomic E-state index is 0.0471. The lowest BCUT2D eigenvalue weighted by atomic mass is 10.0. The molecule has 1 amide bonds. The Morgan fingerprint density at radius 2 is 1.15 bits per heavy atom. The zero-order valence-electron chi connectivity index (χ0n) is 33.8. The van der Waals surface area contributed by atoms with Gasteiger partial charge < -0.3 is 19.8 Å². The van der Waals surface area contributed by atoms with Crippen LogP contribution in [0.25, 0.3) is 0 Å². The summed E-state index contributed by atoms with van der Waals surface area (Å²) in [4.78, 5) is 23.0. The molecule has 9 heteroatoms. The van der Waals surface area contributed by atoms with Crippen molar-refractivity contribution in [3.05, 3.63) is 72.9 Å². The average molecular weight is 750 g/mol. The standard InChI is InChI=1S/C43H77N2O6P/c1-6-8-10-12-14-16-18-20-21-22-23-25-27-29-31-33-35-37-43(47)44-41(40-51-52(48,49)50-39-38-45(3,4)5)42(46)36-34-32-30-28-26-24-19-17-15-13-11-9-7-2/h8,10,14,16,20-21,23,25,29,31,34,36,41-42,46H,6-7,9,11-13,15,17-19,22,24,26-28,30,32-33,35,37-40H2,1-5H3,(H-,44,47,48,49)/p+1/b10-8-,16-14-,21-20-,25-23-,31-29-,36-34+/t41-,42+/m0/s1. The summed E-state index contributed by atoms with van der Waals surface area (Å²) in [5, 5.41) is 13.7. The molecule has 0 aromatic rings. The minimum atomic E-state index is -4.35. The number of carbonyl (C=O) groups is 1. The van der Waals surface area contributed by atoms with Crippen molar-refractivity contribution in [1.82, 2.24) is 5.32 Å². The highest BCUT2D eigenvalue weighted by Gasteiger charge is 2.27. The number of hydrogen-bond acceptors (Lipinski definition) is 5. The molecule has 0 fully saturated rings. The molecule has 0 heterocycles. The SMILES string of the molecule is CC/C=C\C/C=C\C/C=C\C/C=C\C/C=C\CCCC(=O)N[C@@H](COP(=O)(O)OCC[N+](C)(C)C)[C@H](O)/C=C/CCCCCCCCCCCCC. The fourth-order valence-electron chi connectivity index (χ4n) is 5.19. The highest BCUT2D eigenvalue weighted by molar-refractivity contribution is 7.47. The zero-order valence-corrected chi connectivity index (χ0v) is 34.7. The summed E-state index contributed by atoms with van der Waals surface area (Å²) in [6, 6.07) is -0.878. The maximum Gasteiger partial charge on any atom is 0.472 e. The first kappa shape index (κ1) is 49.9. The lowest BCUT2D eigenvalue weighted by Crippen LogP contribution is -2.45. The van der Waals surface area contributed by atoms with Crippen LogP contribution >= 0.6 is 7.82 Å². The Hall–Kier alpha value is -2.06. The number of allylic oxidation sites excluding steroid dienone is 11. The Labute approximate surface area is 319 Å². The fraction of sp³-hybridized carbons (Fsp3) is 0.698. The zero-order chi connectivity index (χ0) is 38.6. The molecule has 0 aromatic carbocycles. The Bertz CT molecular complexity index is 1080. The summed E-state index contributed by atoms with van der Waals surface area (Å²) in [5.41, 5.74) is 0. The maximum atomic E-state index is 12.8. The van der Waals surface area contributed by atoms with Gasteiger partial charge in [0.15, 0.2) is 0 Å². The lowest BCUT2D eigenvalue weighted by molar-refractivity contribution is -0.870. The van der Waals surface area contributed by atoms with E-state index in [1.807, 2.05) is 27.2 Å². The molecule has 0 saturated carbocycles. The second-order valence-electron chi connectivity index (χ2n) is 14.6. The third-order valence-corrected chi connectivity index (χ3v) is 9.42. The molecule has 0 saturated heterocycles. The predicted octanol–water partition coefficient (Wildman–Crippen LogP) is 10.9. The Morgan fingerprint density at radius 1 is 0.673 bits per heavy atom. The van der Waals surface area contributed by atoms with Crippen molar-refractivity contribution in [3.63, 3.8) is 0 Å². The van der Waals surface area contributed by atoms with Gasteiger partial charge in [0, 0.05) is 6.42 Å². The molecule has 0 aliphatic carbocycles. The minimum Gasteiger partial charge on any atom is -0.387 e. The molecular weight excluding hydrogens is 671 g/mol. The van der Waals surface area contributed by atoms with Crippen LogP contribution in [0.5, 0.6) is 0 Å². The summed E-state index contributed by atoms with van der Waals surface area (Å²) >= 11 is 0. The van der Waals surface area contributed by atoms with Gasteiger partial charge in [-0.05, 0) is 57.8 Å². The van der Waals surface area contributed by atoms with E-state index in [0.717, 1.165) is 57.8 Å². The van der Waals surface area contributed by atoms with Crippen LogP contribution < -0.4 is 5.32 Å². The average Bonchev–Trinajstić information content (AvgIpc) is 3.09. The molecule has 8 nitrogen and oxygen atoms in total. The van der Waals surface area contributed by atoms with E-state index in [2.05, 4.69) is 79.9 Å². The van der Waals surface area contributed by atoms with Gasteiger partial charge in [-0.15, -0.1) is 0 Å². The normalized spacial score (nSPS) is 15.3. The summed E-state index contributed by atoms with van der Waals surface area (Å²) in [5.74, 6) is -0.238. The molecule has 0 aliphatic heterocycles. The number of phosphoric acid groups is 1. The van der Waals surface area contributed by atoms with Crippen LogP contribution in [0, 0.1) is 0 Å². The number of carbonyl (C=O) groups excluding carboxylic acids is 1. The quantitative estimate of drug-likeness (QED) is 0.0258. The van der Waals surface area contributed by atoms with E-state index in [0.29, 0.717) is 17.4 Å². The van der Waals surface area contributed by atoms with E-state index in [1.54, 1.807) is 6.08 Å². The number of hydrogen-bond donors (Lipinski definition) is 3. The number of nitrogens with zero attached hydrogens (tertiary/aromatic N) is 1. The third-order valence-electron chi connectivity index (χ3n) is 8.43. The van der Waals surface area contributed by atoms with Gasteiger partial charge in [0.2, 0.25) is 5.91 Å². The van der Waals surface area contributed by atoms with Crippen LogP contribution in [0.2, 0.25) is 0 Å². The van der Waals surface area contributed by atoms with Crippen molar-refractivity contribution < 1.29 is 32.9 Å². The number of phosphoric ester groups is 1. The van der Waals surface area contributed by atoms with E-state index in [-0.39, 0.29) is 25.5 Å². The highest BCUT2D eigenvalue weighted by atomic mass is 31.2. The Morgan fingerprint density at radius 3 is 1.67 bits per heavy atom. The molecule has 52 heavy (non-hydrogen) atoms. The monoisotopic (exact) mass is 750 g/mol. The molecule has 3 N–H and O–H groups in total. The van der Waals surface area contributed by atoms with Crippen LogP contribution in [0.3, 0.4) is 0 Å². The second kappa shape index (κ2) is 34.7. The lowest BCUT2D eigenvalue weighted by Gasteiger charge is -2.25. The van der Waals surface area contributed by atoms with Gasteiger partial charge in [-0.2, -0.15) is 0 Å². The number of amides is 1. The largest absolute Gasteiger partial charge is 0.472 e. The van der Waals surface area contributed by atoms with Gasteiger partial charge >= 0.3 is 7.82 Å². The van der Waals surface area contributed by atoms with E-state index in [4.69, 9.17) is 9.05 Å². The number of quaternary nitrogens is 1. The molecule has 3 atom stereocenters. The maximum absolute atomic E-state index is 12.8. The molecule has 0 aromatic heterocycles. The number of aliphatic hydroxyl groups is 1. The Balaban J connectivity index is 4.62. The van der Waals surface area contributed by atoms with E-state index < -0.39 is 20.0 Å². The summed E-state index contributed by atoms with van der Waals surface area (Å²) in [6.45, 7) is 4.62. The van der Waals surface area contributed by atoms with Crippen LogP contribution in [-0.2, 0) is 18.4 Å². The van der Waals surface area contributed by atoms with Crippen molar-refractivity contribution in [3.8, 4) is 0 Å². The van der Waals surface area contributed by atoms with Gasteiger partial charge in [0.25, 0.3) is 0 Å². The molecule has 0 rings (SSSR count). The molecule has 0 radical (unpaired) electrons. The fourth-order valence-corrected chi connectivity index (χ4v) is 5.93. The molecule has 0 aliphatic rings. The Kier molecular flexibility index (Phi) is 33.3. The number of likely N-dealkylation sites (N-methyl/N-ethyl adjacent to an activating group) is 1. The van der Waals surface area contributed by atoms with Crippen LogP contribution in [0.4, 0.5) is 0 Å². The summed E-state index contributed by atoms with van der Waals surface area (Å²) in [6.07, 6.45) is 45.4. The van der Waals surface area contributed by atoms with E-state index >= 15 is 0 Å². The van der Waals surface area contributed by atoms with Crippen LogP contribution in [0.1, 0.15) is 142 Å².